The van der Waals surface area contributed by atoms with E-state index < -0.39 is 55.0 Å². The van der Waals surface area contributed by atoms with Gasteiger partial charge in [0.1, 0.15) is 0 Å². The maximum Gasteiger partial charge on any atom is 0.461 e. The van der Waals surface area contributed by atoms with Gasteiger partial charge >= 0.3 is 36.7 Å². The Morgan fingerprint density at radius 2 is 1.04 bits per heavy atom. The minimum absolute atomic E-state index is 0.630. The summed E-state index contributed by atoms with van der Waals surface area (Å²) in [6, 6.07) is 0. The first-order valence-electron chi connectivity index (χ1n) is 5.15. The van der Waals surface area contributed by atoms with Gasteiger partial charge in [-0.15, -0.1) is 0 Å². The van der Waals surface area contributed by atoms with Gasteiger partial charge in [0, 0.05) is 6.92 Å². The number of halogens is 14. The smallest absolute Gasteiger partial charge is 0.450 e. The van der Waals surface area contributed by atoms with Crippen LogP contribution in [0.4, 0.5) is 61.5 Å². The van der Waals surface area contributed by atoms with Crippen LogP contribution in [0.5, 0.6) is 0 Å². The van der Waals surface area contributed by atoms with E-state index in [1.165, 1.54) is 0 Å². The van der Waals surface area contributed by atoms with Crippen LogP contribution in [0.25, 0.3) is 0 Å². The molecule has 1 nitrogen and oxygen atoms in total. The second-order valence-electron chi connectivity index (χ2n) is 4.16. The fourth-order valence-electron chi connectivity index (χ4n) is 1.06. The van der Waals surface area contributed by atoms with Gasteiger partial charge in [0.25, 0.3) is 0 Å². The lowest BCUT2D eigenvalue weighted by Crippen LogP contribution is -2.46. The van der Waals surface area contributed by atoms with Crippen molar-refractivity contribution in [1.82, 2.24) is 0 Å². The second-order valence-corrected chi connectivity index (χ2v) is 4.16. The van der Waals surface area contributed by atoms with E-state index in [9.17, 15) is 61.5 Å². The largest absolute Gasteiger partial charge is 0.461 e. The third kappa shape index (κ3) is 4.78. The number of ether oxygens (including phenoxy) is 1. The van der Waals surface area contributed by atoms with Crippen molar-refractivity contribution in [2.75, 3.05) is 0 Å². The molecule has 0 saturated carbocycles. The van der Waals surface area contributed by atoms with E-state index >= 15 is 0 Å². The molecule has 24 heavy (non-hydrogen) atoms. The minimum Gasteiger partial charge on any atom is -0.450 e. The molecule has 0 fully saturated rings. The van der Waals surface area contributed by atoms with Crippen LogP contribution in [0.2, 0.25) is 0 Å². The molecule has 0 aromatic heterocycles. The summed E-state index contributed by atoms with van der Waals surface area (Å²) >= 11 is 0. The van der Waals surface area contributed by atoms with Gasteiger partial charge in [-0.2, -0.15) is 52.7 Å². The third-order valence-corrected chi connectivity index (χ3v) is 2.13. The third-order valence-electron chi connectivity index (χ3n) is 2.13. The van der Waals surface area contributed by atoms with Crippen LogP contribution < -0.4 is 0 Å². The summed E-state index contributed by atoms with van der Waals surface area (Å²) in [5.41, 5.74) is -4.61. The van der Waals surface area contributed by atoms with Crippen LogP contribution in [0.3, 0.4) is 0 Å². The van der Waals surface area contributed by atoms with Crippen molar-refractivity contribution in [2.24, 2.45) is 0 Å². The van der Waals surface area contributed by atoms with Gasteiger partial charge in [-0.3, -0.25) is 0 Å². The molecule has 15 heteroatoms. The van der Waals surface area contributed by atoms with Crippen LogP contribution >= 0.6 is 0 Å². The summed E-state index contributed by atoms with van der Waals surface area (Å²) < 4.78 is 176. The Labute approximate surface area is 122 Å². The van der Waals surface area contributed by atoms with Gasteiger partial charge in [-0.05, 0) is 0 Å². The molecule has 0 bridgehead atoms. The summed E-state index contributed by atoms with van der Waals surface area (Å²) in [5.74, 6) is -16.5. The molecule has 0 spiro atoms. The Bertz CT molecular complexity index is 460. The Morgan fingerprint density at radius 3 is 1.25 bits per heavy atom. The molecule has 0 N–H and O–H groups in total. The molecule has 0 aromatic carbocycles. The number of hydrogen-bond donors (Lipinski definition) is 0. The van der Waals surface area contributed by atoms with E-state index in [0.717, 1.165) is 0 Å². The second kappa shape index (κ2) is 6.13. The van der Waals surface area contributed by atoms with Crippen LogP contribution in [0, 0.1) is 0 Å². The molecule has 0 aliphatic carbocycles. The minimum atomic E-state index is -7.14. The van der Waals surface area contributed by atoms with Crippen molar-refractivity contribution in [3.8, 4) is 0 Å². The summed E-state index contributed by atoms with van der Waals surface area (Å²) in [4.78, 5) is 0. The number of hydrogen-bond acceptors (Lipinski definition) is 1. The summed E-state index contributed by atoms with van der Waals surface area (Å²) in [5, 5.41) is 0. The highest BCUT2D eigenvalue weighted by Gasteiger charge is 2.69. The summed E-state index contributed by atoms with van der Waals surface area (Å²) in [6.07, 6.45) is -25.7. The zero-order chi connectivity index (χ0) is 19.9. The van der Waals surface area contributed by atoms with E-state index in [-0.39, 0.29) is 0 Å². The molecular formula is C9H4F14O. The van der Waals surface area contributed by atoms with Gasteiger partial charge in [0.15, 0.2) is 11.3 Å². The van der Waals surface area contributed by atoms with Crippen LogP contribution in [0.1, 0.15) is 6.92 Å². The summed E-state index contributed by atoms with van der Waals surface area (Å²) in [7, 11) is 0. The first-order valence-corrected chi connectivity index (χ1v) is 5.15. The van der Waals surface area contributed by atoms with Crippen LogP contribution in [0.15, 0.2) is 11.3 Å². The number of allylic oxidation sites excluding steroid dienone is 2. The molecular weight excluding hydrogens is 390 g/mol. The number of rotatable bonds is 4. The Balaban J connectivity index is 6.80. The molecule has 0 radical (unpaired) electrons. The Hall–Kier alpha value is -1.44. The topological polar surface area (TPSA) is 9.23 Å². The lowest BCUT2D eigenvalue weighted by Gasteiger charge is -2.31. The van der Waals surface area contributed by atoms with Gasteiger partial charge in [-0.25, -0.2) is 8.78 Å². The fourth-order valence-corrected chi connectivity index (χ4v) is 1.06. The Kier molecular flexibility index (Phi) is 5.76. The van der Waals surface area contributed by atoms with Crippen molar-refractivity contribution in [2.45, 2.75) is 43.7 Å². The molecule has 0 aliphatic rings. The highest BCUT2D eigenvalue weighted by Crippen LogP contribution is 2.51. The molecule has 0 heterocycles. The Morgan fingerprint density at radius 1 is 0.708 bits per heavy atom. The van der Waals surface area contributed by atoms with E-state index in [2.05, 4.69) is 4.74 Å². The zero-order valence-electron chi connectivity index (χ0n) is 10.8. The van der Waals surface area contributed by atoms with Crippen molar-refractivity contribution in [1.29, 1.82) is 0 Å². The maximum absolute atomic E-state index is 13.1. The molecule has 144 valence electrons. The molecule has 1 atom stereocenters. The van der Waals surface area contributed by atoms with Gasteiger partial charge in [0.2, 0.25) is 0 Å². The first kappa shape index (κ1) is 22.6. The van der Waals surface area contributed by atoms with Crippen LogP contribution in [-0.4, -0.2) is 36.7 Å². The summed E-state index contributed by atoms with van der Waals surface area (Å²) in [6.45, 7) is -0.630. The average molecular weight is 394 g/mol. The van der Waals surface area contributed by atoms with Gasteiger partial charge < -0.3 is 4.74 Å². The van der Waals surface area contributed by atoms with Crippen molar-refractivity contribution in [3.63, 3.8) is 0 Å². The zero-order valence-corrected chi connectivity index (χ0v) is 10.8. The predicted octanol–water partition coefficient (Wildman–Crippen LogP) is 5.53. The standard InChI is InChI=1S/C9H4F14O/c1-5(12,4(10)11)24-3(6(13,14)9(21,22)23)2(7(15,16)17)8(18,19)20/h4H,1H3. The van der Waals surface area contributed by atoms with Crippen molar-refractivity contribution in [3.05, 3.63) is 11.3 Å². The molecule has 1 unspecified atom stereocenters. The SMILES string of the molecule is CC(F)(OC(=C(C(F)(F)F)C(F)(F)F)C(F)(F)C(F)(F)F)C(F)F. The van der Waals surface area contributed by atoms with Crippen molar-refractivity contribution < 1.29 is 66.2 Å². The molecule has 0 rings (SSSR count). The normalized spacial score (nSPS) is 16.8. The highest BCUT2D eigenvalue weighted by molar-refractivity contribution is 5.27. The van der Waals surface area contributed by atoms with Gasteiger partial charge in [0.05, 0.1) is 0 Å². The monoisotopic (exact) mass is 394 g/mol. The lowest BCUT2D eigenvalue weighted by atomic mass is 10.1. The lowest BCUT2D eigenvalue weighted by molar-refractivity contribution is -0.301. The quantitative estimate of drug-likeness (QED) is 0.450. The van der Waals surface area contributed by atoms with E-state index in [1.807, 2.05) is 0 Å². The average Bonchev–Trinajstić information content (AvgIpc) is 2.21. The molecule has 0 saturated heterocycles. The van der Waals surface area contributed by atoms with Crippen LogP contribution in [-0.2, 0) is 4.74 Å². The number of alkyl halides is 14. The van der Waals surface area contributed by atoms with E-state index in [1.54, 1.807) is 0 Å². The van der Waals surface area contributed by atoms with E-state index in [0.29, 0.717) is 0 Å². The van der Waals surface area contributed by atoms with E-state index in [4.69, 9.17) is 0 Å². The fraction of sp³-hybridized carbons (Fsp3) is 0.778. The first-order chi connectivity index (χ1) is 10.2. The van der Waals surface area contributed by atoms with Crippen molar-refractivity contribution >= 4 is 0 Å². The molecule has 0 amide bonds. The highest BCUT2D eigenvalue weighted by atomic mass is 19.4. The predicted molar refractivity (Wildman–Crippen MR) is 46.7 cm³/mol. The maximum atomic E-state index is 13.1. The molecule has 0 aromatic rings. The molecule has 0 aliphatic heterocycles. The van der Waals surface area contributed by atoms with Gasteiger partial charge in [-0.1, -0.05) is 0 Å².